The van der Waals surface area contributed by atoms with Gasteiger partial charge in [-0.15, -0.1) is 10.2 Å². The zero-order valence-electron chi connectivity index (χ0n) is 18.6. The molecule has 3 aromatic rings. The van der Waals surface area contributed by atoms with Gasteiger partial charge in [-0.25, -0.2) is 0 Å². The van der Waals surface area contributed by atoms with E-state index >= 15 is 0 Å². The minimum atomic E-state index is -0.533. The highest BCUT2D eigenvalue weighted by Crippen LogP contribution is 2.46. The molecule has 0 N–H and O–H groups in total. The van der Waals surface area contributed by atoms with Crippen molar-refractivity contribution in [1.29, 1.82) is 0 Å². The van der Waals surface area contributed by atoms with E-state index in [1.807, 2.05) is 51.6 Å². The lowest BCUT2D eigenvalue weighted by Crippen LogP contribution is -2.55. The molecule has 8 heteroatoms. The van der Waals surface area contributed by atoms with Crippen molar-refractivity contribution in [2.75, 3.05) is 19.6 Å². The van der Waals surface area contributed by atoms with E-state index in [9.17, 15) is 9.59 Å². The van der Waals surface area contributed by atoms with Crippen LogP contribution in [0.1, 0.15) is 38.2 Å². The molecule has 1 saturated carbocycles. The van der Waals surface area contributed by atoms with Crippen LogP contribution in [-0.2, 0) is 9.59 Å². The molecule has 3 aliphatic rings. The van der Waals surface area contributed by atoms with Crippen molar-refractivity contribution < 1.29 is 9.59 Å². The number of aliphatic imine (C=N–C) groups is 1. The Morgan fingerprint density at radius 2 is 1.79 bits per heavy atom. The van der Waals surface area contributed by atoms with Gasteiger partial charge in [0.1, 0.15) is 17.7 Å². The van der Waals surface area contributed by atoms with Crippen LogP contribution in [0.5, 0.6) is 0 Å². The highest BCUT2D eigenvalue weighted by molar-refractivity contribution is 6.16. The van der Waals surface area contributed by atoms with Crippen LogP contribution in [0.25, 0.3) is 16.8 Å². The third-order valence-corrected chi connectivity index (χ3v) is 6.92. The minimum Gasteiger partial charge on any atom is -0.342 e. The summed E-state index contributed by atoms with van der Waals surface area (Å²) in [5.74, 6) is 1.42. The molecule has 2 aromatic heterocycles. The van der Waals surface area contributed by atoms with Gasteiger partial charge in [-0.1, -0.05) is 31.2 Å². The number of pyridine rings is 1. The summed E-state index contributed by atoms with van der Waals surface area (Å²) in [4.78, 5) is 33.9. The maximum atomic E-state index is 13.2. The van der Waals surface area contributed by atoms with E-state index in [-0.39, 0.29) is 11.8 Å². The molecule has 6 rings (SSSR count). The predicted octanol–water partition coefficient (Wildman–Crippen LogP) is 2.78. The van der Waals surface area contributed by atoms with Crippen LogP contribution in [0, 0.1) is 5.92 Å². The van der Waals surface area contributed by atoms with Crippen molar-refractivity contribution in [1.82, 2.24) is 24.4 Å². The topological polar surface area (TPSA) is 83.2 Å². The molecule has 0 radical (unpaired) electrons. The second kappa shape index (κ2) is 7.50. The second-order valence-electron chi connectivity index (χ2n) is 9.39. The van der Waals surface area contributed by atoms with Gasteiger partial charge < -0.3 is 4.90 Å². The van der Waals surface area contributed by atoms with Crippen molar-refractivity contribution in [3.63, 3.8) is 0 Å². The number of hydrogen-bond acceptors (Lipinski definition) is 5. The SMILES string of the molecule is CCCC(=O)N1CC(CN2C(=O)C3(CC3)N=C2c2ccc(-c3ccc4nncn4c3)cc2)C1. The number of fused-ring (bicyclic) bond motifs is 1. The first-order valence-electron chi connectivity index (χ1n) is 11.7. The fourth-order valence-corrected chi connectivity index (χ4v) is 4.82. The van der Waals surface area contributed by atoms with Crippen molar-refractivity contribution in [2.24, 2.45) is 10.9 Å². The number of hydrogen-bond donors (Lipinski definition) is 0. The zero-order chi connectivity index (χ0) is 22.6. The number of likely N-dealkylation sites (tertiary alicyclic amines) is 1. The van der Waals surface area contributed by atoms with Crippen LogP contribution >= 0.6 is 0 Å². The van der Waals surface area contributed by atoms with Gasteiger partial charge in [-0.3, -0.25) is 23.9 Å². The molecule has 168 valence electrons. The van der Waals surface area contributed by atoms with Gasteiger partial charge in [-0.05, 0) is 42.5 Å². The third-order valence-electron chi connectivity index (χ3n) is 6.92. The molecule has 1 spiro atoms. The third kappa shape index (κ3) is 3.41. The van der Waals surface area contributed by atoms with Crippen LogP contribution in [0.15, 0.2) is 53.9 Å². The number of rotatable bonds is 6. The number of benzene rings is 1. The van der Waals surface area contributed by atoms with Crippen molar-refractivity contribution >= 4 is 23.3 Å². The summed E-state index contributed by atoms with van der Waals surface area (Å²) >= 11 is 0. The van der Waals surface area contributed by atoms with Gasteiger partial charge in [0.2, 0.25) is 5.91 Å². The monoisotopic (exact) mass is 442 g/mol. The van der Waals surface area contributed by atoms with Gasteiger partial charge in [-0.2, -0.15) is 0 Å². The largest absolute Gasteiger partial charge is 0.342 e. The molecule has 8 nitrogen and oxygen atoms in total. The van der Waals surface area contributed by atoms with Gasteiger partial charge in [0.25, 0.3) is 5.91 Å². The maximum Gasteiger partial charge on any atom is 0.256 e. The summed E-state index contributed by atoms with van der Waals surface area (Å²) in [6.45, 7) is 4.11. The van der Waals surface area contributed by atoms with E-state index < -0.39 is 5.54 Å². The number of carbonyl (C=O) groups excluding carboxylic acids is 2. The van der Waals surface area contributed by atoms with Gasteiger partial charge in [0.05, 0.1) is 0 Å². The lowest BCUT2D eigenvalue weighted by atomic mass is 9.98. The van der Waals surface area contributed by atoms with E-state index in [1.54, 1.807) is 6.33 Å². The molecule has 1 aromatic carbocycles. The fourth-order valence-electron chi connectivity index (χ4n) is 4.82. The van der Waals surface area contributed by atoms with E-state index in [2.05, 4.69) is 22.3 Å². The molecule has 0 unspecified atom stereocenters. The molecule has 0 bridgehead atoms. The van der Waals surface area contributed by atoms with Crippen LogP contribution in [0.3, 0.4) is 0 Å². The molecule has 2 fully saturated rings. The average molecular weight is 443 g/mol. The molecule has 4 heterocycles. The lowest BCUT2D eigenvalue weighted by Gasteiger charge is -2.41. The first kappa shape index (κ1) is 20.1. The fraction of sp³-hybridized carbons (Fsp3) is 0.400. The van der Waals surface area contributed by atoms with E-state index in [4.69, 9.17) is 4.99 Å². The quantitative estimate of drug-likeness (QED) is 0.588. The summed E-state index contributed by atoms with van der Waals surface area (Å²) in [5.41, 5.74) is 3.38. The number of amides is 2. The molecule has 33 heavy (non-hydrogen) atoms. The lowest BCUT2D eigenvalue weighted by molar-refractivity contribution is -0.138. The van der Waals surface area contributed by atoms with Crippen LogP contribution < -0.4 is 0 Å². The van der Waals surface area contributed by atoms with Gasteiger partial charge in [0.15, 0.2) is 5.65 Å². The number of nitrogens with zero attached hydrogens (tertiary/aromatic N) is 6. The first-order chi connectivity index (χ1) is 16.1. The summed E-state index contributed by atoms with van der Waals surface area (Å²) in [7, 11) is 0. The molecular formula is C25H26N6O2. The van der Waals surface area contributed by atoms with E-state index in [1.165, 1.54) is 0 Å². The van der Waals surface area contributed by atoms with Gasteiger partial charge in [0, 0.05) is 43.7 Å². The Labute approximate surface area is 191 Å². The normalized spacial score (nSPS) is 19.3. The summed E-state index contributed by atoms with van der Waals surface area (Å²) in [6, 6.07) is 12.2. The molecule has 2 aliphatic heterocycles. The second-order valence-corrected chi connectivity index (χ2v) is 9.39. The maximum absolute atomic E-state index is 13.2. The summed E-state index contributed by atoms with van der Waals surface area (Å²) < 4.78 is 1.90. The summed E-state index contributed by atoms with van der Waals surface area (Å²) in [5, 5.41) is 7.99. The Balaban J connectivity index is 1.21. The zero-order valence-corrected chi connectivity index (χ0v) is 18.6. The van der Waals surface area contributed by atoms with Gasteiger partial charge >= 0.3 is 0 Å². The molecule has 1 saturated heterocycles. The Hall–Kier alpha value is -3.55. The Bertz CT molecular complexity index is 1270. The molecule has 2 amide bonds. The number of aromatic nitrogens is 3. The van der Waals surface area contributed by atoms with Crippen LogP contribution in [0.2, 0.25) is 0 Å². The highest BCUT2D eigenvalue weighted by Gasteiger charge is 2.57. The smallest absolute Gasteiger partial charge is 0.256 e. The van der Waals surface area contributed by atoms with Crippen molar-refractivity contribution in [3.05, 3.63) is 54.5 Å². The van der Waals surface area contributed by atoms with E-state index in [0.29, 0.717) is 18.9 Å². The standard InChI is InChI=1S/C25H26N6O2/c1-2-3-22(32)29-12-17(13-29)14-31-23(27-25(10-11-25)24(31)33)19-6-4-18(5-7-19)20-8-9-21-28-26-16-30(21)15-20/h4-9,15-17H,2-3,10-14H2,1H3. The Morgan fingerprint density at radius 3 is 2.52 bits per heavy atom. The van der Waals surface area contributed by atoms with Crippen LogP contribution in [0.4, 0.5) is 0 Å². The predicted molar refractivity (Wildman–Crippen MR) is 124 cm³/mol. The number of carbonyl (C=O) groups is 2. The van der Waals surface area contributed by atoms with E-state index in [0.717, 1.165) is 60.5 Å². The number of amidine groups is 1. The summed E-state index contributed by atoms with van der Waals surface area (Å²) in [6.07, 6.45) is 6.82. The first-order valence-corrected chi connectivity index (χ1v) is 11.7. The Kier molecular flexibility index (Phi) is 4.57. The van der Waals surface area contributed by atoms with Crippen molar-refractivity contribution in [2.45, 2.75) is 38.1 Å². The average Bonchev–Trinajstić information content (AvgIpc) is 3.34. The minimum absolute atomic E-state index is 0.123. The van der Waals surface area contributed by atoms with Crippen LogP contribution in [-0.4, -0.2) is 67.2 Å². The Morgan fingerprint density at radius 1 is 1.06 bits per heavy atom. The highest BCUT2D eigenvalue weighted by atomic mass is 16.2. The molecule has 0 atom stereocenters. The molecule has 1 aliphatic carbocycles. The van der Waals surface area contributed by atoms with Crippen molar-refractivity contribution in [3.8, 4) is 11.1 Å². The molecular weight excluding hydrogens is 416 g/mol.